The Bertz CT molecular complexity index is 202. The molecule has 1 saturated carbocycles. The SMILES string of the molecule is C[C@@H]1CC(CO)[C@H]2OC(C)(C)O[C@@H]12. The van der Waals surface area contributed by atoms with Crippen LogP contribution in [-0.2, 0) is 9.47 Å². The molecule has 0 amide bonds. The minimum atomic E-state index is -0.461. The molecule has 2 rings (SSSR count). The van der Waals surface area contributed by atoms with Crippen LogP contribution in [0.5, 0.6) is 0 Å². The second kappa shape index (κ2) is 2.94. The third-order valence-electron chi connectivity index (χ3n) is 3.10. The topological polar surface area (TPSA) is 38.7 Å². The summed E-state index contributed by atoms with van der Waals surface area (Å²) in [5.41, 5.74) is 0. The zero-order chi connectivity index (χ0) is 9.64. The van der Waals surface area contributed by atoms with E-state index in [-0.39, 0.29) is 24.7 Å². The summed E-state index contributed by atoms with van der Waals surface area (Å²) >= 11 is 0. The fourth-order valence-corrected chi connectivity index (χ4v) is 2.55. The van der Waals surface area contributed by atoms with Crippen LogP contribution < -0.4 is 0 Å². The van der Waals surface area contributed by atoms with Gasteiger partial charge in [-0.3, -0.25) is 0 Å². The Balaban J connectivity index is 2.12. The van der Waals surface area contributed by atoms with Crippen molar-refractivity contribution in [1.29, 1.82) is 0 Å². The van der Waals surface area contributed by atoms with Crippen LogP contribution in [0, 0.1) is 11.8 Å². The molecule has 1 unspecified atom stereocenters. The highest BCUT2D eigenvalue weighted by Crippen LogP contribution is 2.44. The van der Waals surface area contributed by atoms with Gasteiger partial charge in [-0.15, -0.1) is 0 Å². The molecule has 76 valence electrons. The normalized spacial score (nSPS) is 48.0. The Morgan fingerprint density at radius 2 is 1.92 bits per heavy atom. The summed E-state index contributed by atoms with van der Waals surface area (Å²) in [7, 11) is 0. The predicted molar refractivity (Wildman–Crippen MR) is 48.2 cm³/mol. The molecule has 3 heteroatoms. The lowest BCUT2D eigenvalue weighted by atomic mass is 10.1. The van der Waals surface area contributed by atoms with E-state index in [9.17, 15) is 0 Å². The maximum atomic E-state index is 9.17. The van der Waals surface area contributed by atoms with Gasteiger partial charge in [0.25, 0.3) is 0 Å². The van der Waals surface area contributed by atoms with E-state index in [1.165, 1.54) is 0 Å². The minimum Gasteiger partial charge on any atom is -0.396 e. The van der Waals surface area contributed by atoms with Crippen molar-refractivity contribution in [1.82, 2.24) is 0 Å². The van der Waals surface area contributed by atoms with Crippen molar-refractivity contribution in [3.05, 3.63) is 0 Å². The molecule has 2 fully saturated rings. The lowest BCUT2D eigenvalue weighted by Gasteiger charge is -2.21. The van der Waals surface area contributed by atoms with E-state index in [4.69, 9.17) is 14.6 Å². The molecule has 0 aromatic rings. The maximum absolute atomic E-state index is 9.17. The van der Waals surface area contributed by atoms with Gasteiger partial charge in [0, 0.05) is 12.5 Å². The maximum Gasteiger partial charge on any atom is 0.163 e. The molecule has 1 N–H and O–H groups in total. The molecule has 3 nitrogen and oxygen atoms in total. The summed E-state index contributed by atoms with van der Waals surface area (Å²) in [6.07, 6.45) is 1.31. The second-order valence-corrected chi connectivity index (χ2v) is 4.72. The van der Waals surface area contributed by atoms with Crippen molar-refractivity contribution in [3.8, 4) is 0 Å². The average molecular weight is 186 g/mol. The van der Waals surface area contributed by atoms with Crippen molar-refractivity contribution in [2.75, 3.05) is 6.61 Å². The number of hydrogen-bond acceptors (Lipinski definition) is 3. The van der Waals surface area contributed by atoms with Gasteiger partial charge in [-0.05, 0) is 26.2 Å². The van der Waals surface area contributed by atoms with E-state index in [1.807, 2.05) is 13.8 Å². The number of aliphatic hydroxyl groups is 1. The molecule has 1 aliphatic carbocycles. The van der Waals surface area contributed by atoms with Crippen LogP contribution in [-0.4, -0.2) is 29.7 Å². The first-order valence-corrected chi connectivity index (χ1v) is 5.00. The zero-order valence-corrected chi connectivity index (χ0v) is 8.49. The van der Waals surface area contributed by atoms with E-state index in [0.717, 1.165) is 6.42 Å². The van der Waals surface area contributed by atoms with Crippen LogP contribution in [0.4, 0.5) is 0 Å². The number of ether oxygens (including phenoxy) is 2. The van der Waals surface area contributed by atoms with Gasteiger partial charge < -0.3 is 14.6 Å². The molecule has 2 aliphatic rings. The molecule has 0 aromatic carbocycles. The molecular formula is C10H18O3. The predicted octanol–water partition coefficient (Wildman–Crippen LogP) is 1.15. The van der Waals surface area contributed by atoms with Crippen molar-refractivity contribution in [3.63, 3.8) is 0 Å². The molecule has 0 aromatic heterocycles. The molecular weight excluding hydrogens is 168 g/mol. The lowest BCUT2D eigenvalue weighted by molar-refractivity contribution is -0.162. The monoisotopic (exact) mass is 186 g/mol. The summed E-state index contributed by atoms with van der Waals surface area (Å²) in [5.74, 6) is 0.308. The van der Waals surface area contributed by atoms with Gasteiger partial charge >= 0.3 is 0 Å². The standard InChI is InChI=1S/C10H18O3/c1-6-4-7(5-11)9-8(6)12-10(2,3)13-9/h6-9,11H,4-5H2,1-3H3/t6-,7?,8+,9-/m1/s1. The first kappa shape index (κ1) is 9.44. The first-order valence-electron chi connectivity index (χ1n) is 5.00. The van der Waals surface area contributed by atoms with E-state index in [0.29, 0.717) is 5.92 Å². The number of hydrogen-bond donors (Lipinski definition) is 1. The highest BCUT2D eigenvalue weighted by molar-refractivity contribution is 4.96. The van der Waals surface area contributed by atoms with Gasteiger partial charge in [-0.25, -0.2) is 0 Å². The van der Waals surface area contributed by atoms with Gasteiger partial charge in [0.05, 0.1) is 12.2 Å². The third-order valence-corrected chi connectivity index (χ3v) is 3.10. The Hall–Kier alpha value is -0.120. The molecule has 0 radical (unpaired) electrons. The van der Waals surface area contributed by atoms with Crippen LogP contribution in [0.15, 0.2) is 0 Å². The molecule has 0 spiro atoms. The Morgan fingerprint density at radius 1 is 1.31 bits per heavy atom. The van der Waals surface area contributed by atoms with Crippen LogP contribution in [0.25, 0.3) is 0 Å². The molecule has 4 atom stereocenters. The highest BCUT2D eigenvalue weighted by atomic mass is 16.8. The molecule has 1 aliphatic heterocycles. The van der Waals surface area contributed by atoms with Crippen LogP contribution in [0.3, 0.4) is 0 Å². The van der Waals surface area contributed by atoms with E-state index < -0.39 is 5.79 Å². The summed E-state index contributed by atoms with van der Waals surface area (Å²) in [6, 6.07) is 0. The summed E-state index contributed by atoms with van der Waals surface area (Å²) in [4.78, 5) is 0. The number of aliphatic hydroxyl groups excluding tert-OH is 1. The zero-order valence-electron chi connectivity index (χ0n) is 8.49. The van der Waals surface area contributed by atoms with Gasteiger partial charge in [0.1, 0.15) is 0 Å². The second-order valence-electron chi connectivity index (χ2n) is 4.72. The summed E-state index contributed by atoms with van der Waals surface area (Å²) < 4.78 is 11.5. The summed E-state index contributed by atoms with van der Waals surface area (Å²) in [6.45, 7) is 6.25. The first-order chi connectivity index (χ1) is 6.03. The van der Waals surface area contributed by atoms with Crippen LogP contribution in [0.1, 0.15) is 27.2 Å². The molecule has 1 heterocycles. The number of fused-ring (bicyclic) bond motifs is 1. The summed E-state index contributed by atoms with van der Waals surface area (Å²) in [5, 5.41) is 9.17. The van der Waals surface area contributed by atoms with Crippen molar-refractivity contribution in [2.24, 2.45) is 11.8 Å². The average Bonchev–Trinajstić information content (AvgIpc) is 2.47. The van der Waals surface area contributed by atoms with Gasteiger partial charge in [-0.2, -0.15) is 0 Å². The number of rotatable bonds is 1. The van der Waals surface area contributed by atoms with Crippen LogP contribution >= 0.6 is 0 Å². The van der Waals surface area contributed by atoms with Gasteiger partial charge in [0.2, 0.25) is 0 Å². The lowest BCUT2D eigenvalue weighted by Crippen LogP contribution is -2.26. The van der Waals surface area contributed by atoms with E-state index in [2.05, 4.69) is 6.92 Å². The van der Waals surface area contributed by atoms with E-state index >= 15 is 0 Å². The molecule has 1 saturated heterocycles. The van der Waals surface area contributed by atoms with E-state index in [1.54, 1.807) is 0 Å². The fourth-order valence-electron chi connectivity index (χ4n) is 2.55. The largest absolute Gasteiger partial charge is 0.396 e. The quantitative estimate of drug-likeness (QED) is 0.667. The Kier molecular flexibility index (Phi) is 2.13. The molecule has 0 bridgehead atoms. The minimum absolute atomic E-state index is 0.106. The fraction of sp³-hybridized carbons (Fsp3) is 1.00. The van der Waals surface area contributed by atoms with Gasteiger partial charge in [-0.1, -0.05) is 6.92 Å². The van der Waals surface area contributed by atoms with Crippen molar-refractivity contribution < 1.29 is 14.6 Å². The van der Waals surface area contributed by atoms with Crippen molar-refractivity contribution in [2.45, 2.75) is 45.2 Å². The smallest absolute Gasteiger partial charge is 0.163 e. The van der Waals surface area contributed by atoms with Crippen LogP contribution in [0.2, 0.25) is 0 Å². The van der Waals surface area contributed by atoms with Crippen molar-refractivity contribution >= 4 is 0 Å². The Morgan fingerprint density at radius 3 is 2.54 bits per heavy atom. The highest BCUT2D eigenvalue weighted by Gasteiger charge is 2.51. The Labute approximate surface area is 79.0 Å². The van der Waals surface area contributed by atoms with Gasteiger partial charge in [0.15, 0.2) is 5.79 Å². The molecule has 13 heavy (non-hydrogen) atoms. The third kappa shape index (κ3) is 1.49.